The molecule has 0 radical (unpaired) electrons. The molecular weight excluding hydrogens is 412 g/mol. The SMILES string of the molecule is C[C@H]1[C@H](C)CCC[C@@H]1NC(=O)COC(=O)c1ccc2c(c1)C(=O)N(Cc1ccco1)C2=O. The van der Waals surface area contributed by atoms with Gasteiger partial charge in [-0.15, -0.1) is 0 Å². The van der Waals surface area contributed by atoms with Crippen molar-refractivity contribution in [2.45, 2.75) is 45.7 Å². The third kappa shape index (κ3) is 4.30. The molecular formula is C24H26N2O6. The van der Waals surface area contributed by atoms with Crippen LogP contribution < -0.4 is 5.32 Å². The molecule has 1 aliphatic heterocycles. The number of amides is 3. The van der Waals surface area contributed by atoms with Gasteiger partial charge in [0.1, 0.15) is 5.76 Å². The fourth-order valence-electron chi connectivity index (χ4n) is 4.37. The van der Waals surface area contributed by atoms with Gasteiger partial charge in [0.05, 0.1) is 29.5 Å². The summed E-state index contributed by atoms with van der Waals surface area (Å²) in [6.07, 6.45) is 4.60. The number of carbonyl (C=O) groups is 4. The molecule has 2 aliphatic rings. The largest absolute Gasteiger partial charge is 0.467 e. The van der Waals surface area contributed by atoms with Crippen LogP contribution >= 0.6 is 0 Å². The van der Waals surface area contributed by atoms with Crippen molar-refractivity contribution in [3.05, 3.63) is 59.0 Å². The highest BCUT2D eigenvalue weighted by atomic mass is 16.5. The molecule has 32 heavy (non-hydrogen) atoms. The molecule has 2 heterocycles. The lowest BCUT2D eigenvalue weighted by Crippen LogP contribution is -2.45. The van der Waals surface area contributed by atoms with Gasteiger partial charge in [0.15, 0.2) is 6.61 Å². The van der Waals surface area contributed by atoms with Crippen molar-refractivity contribution in [2.24, 2.45) is 11.8 Å². The molecule has 0 bridgehead atoms. The van der Waals surface area contributed by atoms with Crippen molar-refractivity contribution < 1.29 is 28.3 Å². The standard InChI is InChI=1S/C24H26N2O6/c1-14-5-3-7-20(15(14)2)25-21(27)13-32-24(30)16-8-9-18-19(11-16)23(29)26(22(18)28)12-17-6-4-10-31-17/h4,6,8-11,14-15,20H,3,5,7,12-13H2,1-2H3,(H,25,27)/t14-,15+,20+/m1/s1. The Hall–Kier alpha value is -3.42. The number of esters is 1. The topological polar surface area (TPSA) is 106 Å². The molecule has 4 rings (SSSR count). The highest BCUT2D eigenvalue weighted by molar-refractivity contribution is 6.21. The Labute approximate surface area is 185 Å². The Kier molecular flexibility index (Phi) is 6.12. The van der Waals surface area contributed by atoms with Gasteiger partial charge in [0.25, 0.3) is 17.7 Å². The average Bonchev–Trinajstić information content (AvgIpc) is 3.38. The van der Waals surface area contributed by atoms with Crippen LogP contribution in [0.5, 0.6) is 0 Å². The second kappa shape index (κ2) is 8.98. The number of fused-ring (bicyclic) bond motifs is 1. The van der Waals surface area contributed by atoms with E-state index in [0.717, 1.165) is 24.2 Å². The van der Waals surface area contributed by atoms with E-state index in [1.165, 1.54) is 24.5 Å². The van der Waals surface area contributed by atoms with Crippen molar-refractivity contribution in [1.29, 1.82) is 0 Å². The van der Waals surface area contributed by atoms with Crippen LogP contribution in [0.15, 0.2) is 41.0 Å². The molecule has 3 amide bonds. The minimum Gasteiger partial charge on any atom is -0.467 e. The third-order valence-corrected chi connectivity index (χ3v) is 6.49. The zero-order valence-electron chi connectivity index (χ0n) is 18.1. The number of nitrogens with zero attached hydrogens (tertiary/aromatic N) is 1. The number of nitrogens with one attached hydrogen (secondary N) is 1. The highest BCUT2D eigenvalue weighted by Gasteiger charge is 2.36. The molecule has 8 nitrogen and oxygen atoms in total. The zero-order valence-corrected chi connectivity index (χ0v) is 18.1. The van der Waals surface area contributed by atoms with Crippen LogP contribution in [0.3, 0.4) is 0 Å². The van der Waals surface area contributed by atoms with Gasteiger partial charge < -0.3 is 14.5 Å². The number of imide groups is 1. The number of hydrogen-bond donors (Lipinski definition) is 1. The van der Waals surface area contributed by atoms with E-state index in [9.17, 15) is 19.2 Å². The molecule has 168 valence electrons. The van der Waals surface area contributed by atoms with Crippen molar-refractivity contribution in [3.63, 3.8) is 0 Å². The van der Waals surface area contributed by atoms with Gasteiger partial charge in [-0.25, -0.2) is 4.79 Å². The summed E-state index contributed by atoms with van der Waals surface area (Å²) in [6.45, 7) is 3.92. The number of furan rings is 1. The summed E-state index contributed by atoms with van der Waals surface area (Å²) < 4.78 is 10.4. The van der Waals surface area contributed by atoms with Crippen LogP contribution in [0.2, 0.25) is 0 Å². The van der Waals surface area contributed by atoms with Crippen molar-refractivity contribution in [3.8, 4) is 0 Å². The van der Waals surface area contributed by atoms with Crippen LogP contribution in [0, 0.1) is 11.8 Å². The first-order valence-corrected chi connectivity index (χ1v) is 10.8. The van der Waals surface area contributed by atoms with E-state index >= 15 is 0 Å². The van der Waals surface area contributed by atoms with E-state index in [1.807, 2.05) is 0 Å². The second-order valence-corrected chi connectivity index (χ2v) is 8.55. The van der Waals surface area contributed by atoms with Crippen molar-refractivity contribution in [2.75, 3.05) is 6.61 Å². The van der Waals surface area contributed by atoms with E-state index in [1.54, 1.807) is 12.1 Å². The second-order valence-electron chi connectivity index (χ2n) is 8.55. The molecule has 1 aromatic carbocycles. The molecule has 0 unspecified atom stereocenters. The predicted octanol–water partition coefficient (Wildman–Crippen LogP) is 3.17. The van der Waals surface area contributed by atoms with Crippen LogP contribution in [-0.4, -0.2) is 41.2 Å². The fraction of sp³-hybridized carbons (Fsp3) is 0.417. The first-order chi connectivity index (χ1) is 15.3. The molecule has 3 atom stereocenters. The fourth-order valence-corrected chi connectivity index (χ4v) is 4.37. The molecule has 1 saturated carbocycles. The Morgan fingerprint density at radius 2 is 1.91 bits per heavy atom. The van der Waals surface area contributed by atoms with Crippen LogP contribution in [0.1, 0.15) is 69.9 Å². The summed E-state index contributed by atoms with van der Waals surface area (Å²) in [5, 5.41) is 2.96. The average molecular weight is 438 g/mol. The third-order valence-electron chi connectivity index (χ3n) is 6.49. The monoisotopic (exact) mass is 438 g/mol. The van der Waals surface area contributed by atoms with Gasteiger partial charge in [-0.05, 0) is 48.6 Å². The van der Waals surface area contributed by atoms with Gasteiger partial charge in [-0.1, -0.05) is 26.7 Å². The predicted molar refractivity (Wildman–Crippen MR) is 114 cm³/mol. The van der Waals surface area contributed by atoms with Gasteiger partial charge in [-0.3, -0.25) is 19.3 Å². The molecule has 1 N–H and O–H groups in total. The number of carbonyl (C=O) groups excluding carboxylic acids is 4. The lowest BCUT2D eigenvalue weighted by Gasteiger charge is -2.34. The first-order valence-electron chi connectivity index (χ1n) is 10.8. The summed E-state index contributed by atoms with van der Waals surface area (Å²) in [7, 11) is 0. The maximum atomic E-state index is 12.7. The summed E-state index contributed by atoms with van der Waals surface area (Å²) in [5.74, 6) is -0.639. The lowest BCUT2D eigenvalue weighted by atomic mass is 9.78. The van der Waals surface area contributed by atoms with E-state index < -0.39 is 24.4 Å². The van der Waals surface area contributed by atoms with Crippen LogP contribution in [0.4, 0.5) is 0 Å². The maximum Gasteiger partial charge on any atom is 0.338 e. The smallest absolute Gasteiger partial charge is 0.338 e. The van der Waals surface area contributed by atoms with Gasteiger partial charge in [-0.2, -0.15) is 0 Å². The van der Waals surface area contributed by atoms with E-state index in [0.29, 0.717) is 17.6 Å². The Bertz CT molecular complexity index is 1040. The first kappa shape index (κ1) is 21.8. The Morgan fingerprint density at radius 1 is 1.12 bits per heavy atom. The highest BCUT2D eigenvalue weighted by Crippen LogP contribution is 2.29. The van der Waals surface area contributed by atoms with Gasteiger partial charge in [0, 0.05) is 6.04 Å². The molecule has 1 aromatic heterocycles. The molecule has 2 aromatic rings. The molecule has 0 spiro atoms. The normalized spacial score (nSPS) is 22.6. The van der Waals surface area contributed by atoms with E-state index in [-0.39, 0.29) is 35.2 Å². The van der Waals surface area contributed by atoms with Crippen LogP contribution in [0.25, 0.3) is 0 Å². The van der Waals surface area contributed by atoms with Crippen LogP contribution in [-0.2, 0) is 16.1 Å². The van der Waals surface area contributed by atoms with Crippen molar-refractivity contribution in [1.82, 2.24) is 10.2 Å². The molecule has 8 heteroatoms. The minimum atomic E-state index is -0.724. The minimum absolute atomic E-state index is 0.0114. The maximum absolute atomic E-state index is 12.7. The van der Waals surface area contributed by atoms with Gasteiger partial charge in [0.2, 0.25) is 0 Å². The number of benzene rings is 1. The summed E-state index contributed by atoms with van der Waals surface area (Å²) >= 11 is 0. The zero-order chi connectivity index (χ0) is 22.8. The summed E-state index contributed by atoms with van der Waals surface area (Å²) in [4.78, 5) is 51.1. The quantitative estimate of drug-likeness (QED) is 0.549. The molecule has 1 fully saturated rings. The Morgan fingerprint density at radius 3 is 2.66 bits per heavy atom. The summed E-state index contributed by atoms with van der Waals surface area (Å²) in [5.41, 5.74) is 0.457. The number of ether oxygens (including phenoxy) is 1. The molecule has 1 aliphatic carbocycles. The van der Waals surface area contributed by atoms with E-state index in [4.69, 9.17) is 9.15 Å². The van der Waals surface area contributed by atoms with E-state index in [2.05, 4.69) is 19.2 Å². The molecule has 0 saturated heterocycles. The lowest BCUT2D eigenvalue weighted by molar-refractivity contribution is -0.125. The van der Waals surface area contributed by atoms with Gasteiger partial charge >= 0.3 is 5.97 Å². The number of rotatable bonds is 6. The summed E-state index contributed by atoms with van der Waals surface area (Å²) in [6, 6.07) is 7.61. The number of hydrogen-bond acceptors (Lipinski definition) is 6. The van der Waals surface area contributed by atoms with Crippen molar-refractivity contribution >= 4 is 23.7 Å². The Balaban J connectivity index is 1.37.